The van der Waals surface area contributed by atoms with Crippen molar-refractivity contribution in [1.29, 1.82) is 0 Å². The van der Waals surface area contributed by atoms with E-state index in [1.54, 1.807) is 6.20 Å². The summed E-state index contributed by atoms with van der Waals surface area (Å²) in [4.78, 5) is 13.4. The van der Waals surface area contributed by atoms with E-state index in [9.17, 15) is 4.79 Å². The minimum Gasteiger partial charge on any atom is -0.293 e. The maximum absolute atomic E-state index is 11.4. The summed E-state index contributed by atoms with van der Waals surface area (Å²) in [6, 6.07) is 1.99. The van der Waals surface area contributed by atoms with Gasteiger partial charge in [0.1, 0.15) is 0 Å². The molecule has 0 aliphatic carbocycles. The molecule has 1 aliphatic rings. The first-order valence-electron chi connectivity index (χ1n) is 4.92. The molecule has 0 bridgehead atoms. The Bertz CT molecular complexity index is 336. The number of likely N-dealkylation sites (tertiary alicyclic amines) is 1. The Morgan fingerprint density at radius 1 is 1.67 bits per heavy atom. The van der Waals surface area contributed by atoms with Crippen molar-refractivity contribution in [2.75, 3.05) is 13.6 Å². The Morgan fingerprint density at radius 2 is 2.47 bits per heavy atom. The number of likely N-dealkylation sites (N-methyl/N-ethyl adjacent to an activating group) is 1. The fraction of sp³-hybridized carbons (Fsp3) is 0.556. The van der Waals surface area contributed by atoms with Crippen LogP contribution in [0.4, 0.5) is 0 Å². The van der Waals surface area contributed by atoms with E-state index in [-0.39, 0.29) is 18.0 Å². The number of hydrazine groups is 1. The fourth-order valence-electron chi connectivity index (χ4n) is 2.06. The van der Waals surface area contributed by atoms with Gasteiger partial charge >= 0.3 is 0 Å². The first-order valence-corrected chi connectivity index (χ1v) is 4.92. The molecule has 15 heavy (non-hydrogen) atoms. The molecular weight excluding hydrogens is 194 g/mol. The van der Waals surface area contributed by atoms with Crippen molar-refractivity contribution in [2.45, 2.75) is 18.5 Å². The summed E-state index contributed by atoms with van der Waals surface area (Å²) in [5.41, 5.74) is 2.19. The van der Waals surface area contributed by atoms with Crippen LogP contribution in [0.3, 0.4) is 0 Å². The summed E-state index contributed by atoms with van der Waals surface area (Å²) in [6.07, 6.45) is 4.42. The van der Waals surface area contributed by atoms with Crippen LogP contribution in [0.1, 0.15) is 12.5 Å². The van der Waals surface area contributed by atoms with Crippen molar-refractivity contribution in [3.8, 4) is 0 Å². The van der Waals surface area contributed by atoms with Crippen LogP contribution < -0.4 is 11.3 Å². The Morgan fingerprint density at radius 3 is 3.07 bits per heavy atom. The number of nitrogens with zero attached hydrogens (tertiary/aromatic N) is 3. The van der Waals surface area contributed by atoms with E-state index >= 15 is 0 Å². The van der Waals surface area contributed by atoms with Crippen molar-refractivity contribution in [2.24, 2.45) is 5.84 Å². The van der Waals surface area contributed by atoms with Crippen molar-refractivity contribution in [3.05, 3.63) is 18.5 Å². The summed E-state index contributed by atoms with van der Waals surface area (Å²) in [6.45, 7) is 0.819. The molecule has 0 aromatic carbocycles. The second-order valence-corrected chi connectivity index (χ2v) is 3.84. The number of carbonyl (C=O) groups is 1. The van der Waals surface area contributed by atoms with Gasteiger partial charge in [0, 0.05) is 18.9 Å². The van der Waals surface area contributed by atoms with Gasteiger partial charge in [0.25, 0.3) is 5.91 Å². The van der Waals surface area contributed by atoms with E-state index < -0.39 is 0 Å². The van der Waals surface area contributed by atoms with E-state index in [1.807, 2.05) is 28.9 Å². The Labute approximate surface area is 88.0 Å². The molecule has 0 unspecified atom stereocenters. The highest BCUT2D eigenvalue weighted by Crippen LogP contribution is 2.25. The number of aromatic nitrogens is 2. The Balaban J connectivity index is 2.07. The Kier molecular flexibility index (Phi) is 2.70. The molecule has 0 radical (unpaired) electrons. The molecule has 1 aliphatic heterocycles. The number of hydrogen-bond acceptors (Lipinski definition) is 4. The molecule has 0 saturated carbocycles. The predicted octanol–water partition coefficient (Wildman–Crippen LogP) is -0.882. The predicted molar refractivity (Wildman–Crippen MR) is 54.6 cm³/mol. The molecule has 2 heterocycles. The van der Waals surface area contributed by atoms with Crippen LogP contribution in [0.25, 0.3) is 0 Å². The average Bonchev–Trinajstić information content (AvgIpc) is 2.84. The molecule has 1 aromatic rings. The van der Waals surface area contributed by atoms with Crippen molar-refractivity contribution >= 4 is 5.91 Å². The summed E-state index contributed by atoms with van der Waals surface area (Å²) in [7, 11) is 1.92. The zero-order valence-electron chi connectivity index (χ0n) is 8.63. The molecule has 2 rings (SSSR count). The highest BCUT2D eigenvalue weighted by molar-refractivity contribution is 5.81. The third kappa shape index (κ3) is 1.86. The van der Waals surface area contributed by atoms with Crippen LogP contribution in [-0.4, -0.2) is 40.2 Å². The number of nitrogens with two attached hydrogens (primary N) is 1. The number of carbonyl (C=O) groups excluding carboxylic acids is 1. The lowest BCUT2D eigenvalue weighted by Crippen LogP contribution is -2.44. The zero-order valence-corrected chi connectivity index (χ0v) is 8.63. The Hall–Kier alpha value is -1.40. The monoisotopic (exact) mass is 209 g/mol. The highest BCUT2D eigenvalue weighted by atomic mass is 16.2. The smallest absolute Gasteiger partial charge is 0.251 e. The SMILES string of the molecule is CN1C[C@H](n2cccn2)C[C@H]1C(=O)NN. The fourth-order valence-corrected chi connectivity index (χ4v) is 2.06. The molecule has 3 N–H and O–H groups in total. The lowest BCUT2D eigenvalue weighted by atomic mass is 10.1. The van der Waals surface area contributed by atoms with Crippen LogP contribution in [0.5, 0.6) is 0 Å². The normalized spacial score (nSPS) is 26.8. The molecule has 1 fully saturated rings. The van der Waals surface area contributed by atoms with Gasteiger partial charge in [-0.3, -0.25) is 19.8 Å². The standard InChI is InChI=1S/C9H15N5O/c1-13-6-7(14-4-2-3-11-14)5-8(13)9(15)12-10/h2-4,7-8H,5-6,10H2,1H3,(H,12,15)/t7-,8+/m1/s1. The quantitative estimate of drug-likeness (QED) is 0.377. The third-order valence-corrected chi connectivity index (χ3v) is 2.87. The number of hydrogen-bond donors (Lipinski definition) is 2. The second-order valence-electron chi connectivity index (χ2n) is 3.84. The van der Waals surface area contributed by atoms with Gasteiger partial charge in [-0.1, -0.05) is 0 Å². The molecule has 82 valence electrons. The van der Waals surface area contributed by atoms with Gasteiger partial charge in [-0.15, -0.1) is 0 Å². The number of nitrogens with one attached hydrogen (secondary N) is 1. The van der Waals surface area contributed by atoms with Crippen molar-refractivity contribution in [1.82, 2.24) is 20.1 Å². The summed E-state index contributed by atoms with van der Waals surface area (Å²) in [5.74, 6) is 5.00. The first kappa shape index (κ1) is 10.1. The summed E-state index contributed by atoms with van der Waals surface area (Å²) >= 11 is 0. The molecule has 1 saturated heterocycles. The van der Waals surface area contributed by atoms with Crippen molar-refractivity contribution < 1.29 is 4.79 Å². The van der Waals surface area contributed by atoms with Crippen LogP contribution >= 0.6 is 0 Å². The third-order valence-electron chi connectivity index (χ3n) is 2.87. The van der Waals surface area contributed by atoms with Gasteiger partial charge in [0.05, 0.1) is 12.1 Å². The highest BCUT2D eigenvalue weighted by Gasteiger charge is 2.35. The topological polar surface area (TPSA) is 76.2 Å². The van der Waals surface area contributed by atoms with Gasteiger partial charge in [-0.05, 0) is 19.5 Å². The van der Waals surface area contributed by atoms with E-state index in [4.69, 9.17) is 5.84 Å². The molecule has 2 atom stereocenters. The lowest BCUT2D eigenvalue weighted by Gasteiger charge is -2.16. The summed E-state index contributed by atoms with van der Waals surface area (Å²) in [5, 5.41) is 4.18. The van der Waals surface area contributed by atoms with Gasteiger partial charge in [-0.2, -0.15) is 5.10 Å². The van der Waals surface area contributed by atoms with Gasteiger partial charge in [0.2, 0.25) is 0 Å². The first-order chi connectivity index (χ1) is 7.22. The van der Waals surface area contributed by atoms with Crippen LogP contribution in [0, 0.1) is 0 Å². The van der Waals surface area contributed by atoms with Crippen LogP contribution in [0.15, 0.2) is 18.5 Å². The molecule has 6 nitrogen and oxygen atoms in total. The summed E-state index contributed by atoms with van der Waals surface area (Å²) < 4.78 is 1.89. The molecule has 6 heteroatoms. The van der Waals surface area contributed by atoms with Crippen molar-refractivity contribution in [3.63, 3.8) is 0 Å². The minimum atomic E-state index is -0.149. The van der Waals surface area contributed by atoms with Gasteiger partial charge in [0.15, 0.2) is 0 Å². The minimum absolute atomic E-state index is 0.132. The molecule has 1 amide bonds. The largest absolute Gasteiger partial charge is 0.293 e. The van der Waals surface area contributed by atoms with E-state index in [1.165, 1.54) is 0 Å². The molecule has 1 aromatic heterocycles. The molecular formula is C9H15N5O. The number of amides is 1. The van der Waals surface area contributed by atoms with Gasteiger partial charge < -0.3 is 0 Å². The zero-order chi connectivity index (χ0) is 10.8. The van der Waals surface area contributed by atoms with Crippen LogP contribution in [-0.2, 0) is 4.79 Å². The van der Waals surface area contributed by atoms with E-state index in [2.05, 4.69) is 10.5 Å². The van der Waals surface area contributed by atoms with Gasteiger partial charge in [-0.25, -0.2) is 5.84 Å². The maximum atomic E-state index is 11.4. The van der Waals surface area contributed by atoms with E-state index in [0.717, 1.165) is 13.0 Å². The second kappa shape index (κ2) is 4.00. The lowest BCUT2D eigenvalue weighted by molar-refractivity contribution is -0.125. The van der Waals surface area contributed by atoms with E-state index in [0.29, 0.717) is 0 Å². The molecule has 0 spiro atoms. The number of rotatable bonds is 2. The average molecular weight is 209 g/mol. The van der Waals surface area contributed by atoms with Crippen LogP contribution in [0.2, 0.25) is 0 Å². The maximum Gasteiger partial charge on any atom is 0.251 e.